The van der Waals surface area contributed by atoms with Crippen LogP contribution in [0.2, 0.25) is 0 Å². The number of hydrogen-bond donors (Lipinski definition) is 1. The highest BCUT2D eigenvalue weighted by Crippen LogP contribution is 2.34. The average Bonchev–Trinajstić information content (AvgIpc) is 2.72. The first-order chi connectivity index (χ1) is 10.3. The molecule has 2 aromatic carbocycles. The van der Waals surface area contributed by atoms with Gasteiger partial charge in [0.05, 0.1) is 24.5 Å². The Morgan fingerprint density at radius 2 is 1.90 bits per heavy atom. The van der Waals surface area contributed by atoms with Gasteiger partial charge in [0.1, 0.15) is 6.07 Å². The van der Waals surface area contributed by atoms with E-state index < -0.39 is 0 Å². The summed E-state index contributed by atoms with van der Waals surface area (Å²) in [7, 11) is 0. The van der Waals surface area contributed by atoms with Crippen molar-refractivity contribution in [1.29, 1.82) is 5.26 Å². The zero-order valence-electron chi connectivity index (χ0n) is 11.2. The number of benzene rings is 2. The van der Waals surface area contributed by atoms with E-state index in [1.165, 1.54) is 0 Å². The molecule has 3 rings (SSSR count). The van der Waals surface area contributed by atoms with Crippen LogP contribution < -0.4 is 14.8 Å². The minimum absolute atomic E-state index is 0.574. The molecule has 0 saturated heterocycles. The Kier molecular flexibility index (Phi) is 3.98. The topological polar surface area (TPSA) is 54.3 Å². The fourth-order valence-corrected chi connectivity index (χ4v) is 2.59. The van der Waals surface area contributed by atoms with E-state index in [-0.39, 0.29) is 0 Å². The minimum atomic E-state index is 0.574. The smallest absolute Gasteiger partial charge is 0.163 e. The molecular weight excluding hydrogens is 332 g/mol. The van der Waals surface area contributed by atoms with Gasteiger partial charge >= 0.3 is 0 Å². The van der Waals surface area contributed by atoms with Crippen molar-refractivity contribution < 1.29 is 9.47 Å². The standard InChI is InChI=1S/C16H13BrN2O2/c17-13-3-1-4-14(12(13)10-18)19-11-5-6-15-16(9-11)21-8-2-7-20-15/h1,3-6,9,19H,2,7-8H2. The molecule has 1 aliphatic rings. The van der Waals surface area contributed by atoms with Gasteiger partial charge in [0.2, 0.25) is 0 Å². The molecule has 0 bridgehead atoms. The maximum atomic E-state index is 9.24. The van der Waals surface area contributed by atoms with Crippen LogP contribution in [-0.2, 0) is 0 Å². The Labute approximate surface area is 131 Å². The molecular formula is C16H13BrN2O2. The summed E-state index contributed by atoms with van der Waals surface area (Å²) in [5.41, 5.74) is 2.18. The van der Waals surface area contributed by atoms with E-state index in [0.29, 0.717) is 18.8 Å². The lowest BCUT2D eigenvalue weighted by Crippen LogP contribution is -1.97. The summed E-state index contributed by atoms with van der Waals surface area (Å²) in [5.74, 6) is 1.49. The van der Waals surface area contributed by atoms with Crippen molar-refractivity contribution in [3.8, 4) is 17.6 Å². The lowest BCUT2D eigenvalue weighted by molar-refractivity contribution is 0.297. The van der Waals surface area contributed by atoms with Gasteiger partial charge in [0, 0.05) is 22.6 Å². The largest absolute Gasteiger partial charge is 0.490 e. The molecule has 0 aromatic heterocycles. The zero-order chi connectivity index (χ0) is 14.7. The Hall–Kier alpha value is -2.19. The summed E-state index contributed by atoms with van der Waals surface area (Å²) in [5, 5.41) is 12.5. The number of fused-ring (bicyclic) bond motifs is 1. The van der Waals surface area contributed by atoms with E-state index in [1.807, 2.05) is 36.4 Å². The normalized spacial score (nSPS) is 13.1. The SMILES string of the molecule is N#Cc1c(Br)cccc1Nc1ccc2c(c1)OCCCO2. The van der Waals surface area contributed by atoms with Crippen molar-refractivity contribution in [1.82, 2.24) is 0 Å². The van der Waals surface area contributed by atoms with Gasteiger partial charge in [-0.15, -0.1) is 0 Å². The lowest BCUT2D eigenvalue weighted by atomic mass is 10.2. The molecule has 0 aliphatic carbocycles. The van der Waals surface area contributed by atoms with E-state index in [4.69, 9.17) is 9.47 Å². The molecule has 0 unspecified atom stereocenters. The number of nitrogens with zero attached hydrogens (tertiary/aromatic N) is 1. The second kappa shape index (κ2) is 6.06. The highest BCUT2D eigenvalue weighted by Gasteiger charge is 2.12. The molecule has 106 valence electrons. The van der Waals surface area contributed by atoms with Gasteiger partial charge in [-0.05, 0) is 40.2 Å². The second-order valence-electron chi connectivity index (χ2n) is 4.61. The van der Waals surface area contributed by atoms with Crippen LogP contribution in [-0.4, -0.2) is 13.2 Å². The van der Waals surface area contributed by atoms with Crippen molar-refractivity contribution in [3.05, 3.63) is 46.4 Å². The third-order valence-corrected chi connectivity index (χ3v) is 3.81. The molecule has 1 heterocycles. The van der Waals surface area contributed by atoms with Crippen molar-refractivity contribution in [3.63, 3.8) is 0 Å². The van der Waals surface area contributed by atoms with E-state index in [2.05, 4.69) is 27.3 Å². The maximum Gasteiger partial charge on any atom is 0.163 e. The summed E-state index contributed by atoms with van der Waals surface area (Å²) < 4.78 is 12.0. The molecule has 4 nitrogen and oxygen atoms in total. The van der Waals surface area contributed by atoms with Crippen LogP contribution in [0.1, 0.15) is 12.0 Å². The van der Waals surface area contributed by atoms with Gasteiger partial charge in [-0.3, -0.25) is 0 Å². The van der Waals surface area contributed by atoms with E-state index in [9.17, 15) is 5.26 Å². The van der Waals surface area contributed by atoms with Gasteiger partial charge in [0.15, 0.2) is 11.5 Å². The summed E-state index contributed by atoms with van der Waals surface area (Å²) in [4.78, 5) is 0. The van der Waals surface area contributed by atoms with Crippen LogP contribution >= 0.6 is 15.9 Å². The van der Waals surface area contributed by atoms with Crippen LogP contribution in [0, 0.1) is 11.3 Å². The van der Waals surface area contributed by atoms with Gasteiger partial charge in [0.25, 0.3) is 0 Å². The number of nitriles is 1. The Morgan fingerprint density at radius 1 is 1.10 bits per heavy atom. The molecule has 5 heteroatoms. The third kappa shape index (κ3) is 2.96. The zero-order valence-corrected chi connectivity index (χ0v) is 12.8. The van der Waals surface area contributed by atoms with E-state index in [0.717, 1.165) is 33.8 Å². The third-order valence-electron chi connectivity index (χ3n) is 3.15. The van der Waals surface area contributed by atoms with Crippen molar-refractivity contribution >= 4 is 27.3 Å². The van der Waals surface area contributed by atoms with Crippen LogP contribution in [0.3, 0.4) is 0 Å². The Balaban J connectivity index is 1.91. The number of ether oxygens (including phenoxy) is 2. The molecule has 0 spiro atoms. The molecule has 2 aromatic rings. The summed E-state index contributed by atoms with van der Waals surface area (Å²) in [6.07, 6.45) is 0.877. The quantitative estimate of drug-likeness (QED) is 0.885. The maximum absolute atomic E-state index is 9.24. The lowest BCUT2D eigenvalue weighted by Gasteiger charge is -2.12. The Morgan fingerprint density at radius 3 is 2.71 bits per heavy atom. The monoisotopic (exact) mass is 344 g/mol. The van der Waals surface area contributed by atoms with Gasteiger partial charge < -0.3 is 14.8 Å². The van der Waals surface area contributed by atoms with Crippen molar-refractivity contribution in [2.24, 2.45) is 0 Å². The number of hydrogen-bond acceptors (Lipinski definition) is 4. The molecule has 0 atom stereocenters. The first kappa shape index (κ1) is 13.8. The van der Waals surface area contributed by atoms with Crippen molar-refractivity contribution in [2.75, 3.05) is 18.5 Å². The first-order valence-corrected chi connectivity index (χ1v) is 7.42. The van der Waals surface area contributed by atoms with E-state index >= 15 is 0 Å². The first-order valence-electron chi connectivity index (χ1n) is 6.63. The highest BCUT2D eigenvalue weighted by molar-refractivity contribution is 9.10. The molecule has 0 saturated carbocycles. The number of halogens is 1. The molecule has 1 aliphatic heterocycles. The molecule has 0 amide bonds. The number of anilines is 2. The highest BCUT2D eigenvalue weighted by atomic mass is 79.9. The van der Waals surface area contributed by atoms with Crippen LogP contribution in [0.4, 0.5) is 11.4 Å². The summed E-state index contributed by atoms with van der Waals surface area (Å²) in [6.45, 7) is 1.32. The summed E-state index contributed by atoms with van der Waals surface area (Å²) >= 11 is 3.38. The molecule has 0 fully saturated rings. The number of rotatable bonds is 2. The fraction of sp³-hybridized carbons (Fsp3) is 0.188. The van der Waals surface area contributed by atoms with Crippen molar-refractivity contribution in [2.45, 2.75) is 6.42 Å². The molecule has 1 N–H and O–H groups in total. The Bertz CT molecular complexity index is 710. The van der Waals surface area contributed by atoms with Gasteiger partial charge in [-0.2, -0.15) is 5.26 Å². The molecule has 0 radical (unpaired) electrons. The van der Waals surface area contributed by atoms with Crippen LogP contribution in [0.5, 0.6) is 11.5 Å². The minimum Gasteiger partial charge on any atom is -0.490 e. The predicted octanol–water partition coefficient (Wildman–Crippen LogP) is 4.23. The van der Waals surface area contributed by atoms with Gasteiger partial charge in [-0.1, -0.05) is 6.07 Å². The van der Waals surface area contributed by atoms with E-state index in [1.54, 1.807) is 0 Å². The van der Waals surface area contributed by atoms with Crippen LogP contribution in [0.15, 0.2) is 40.9 Å². The van der Waals surface area contributed by atoms with Gasteiger partial charge in [-0.25, -0.2) is 0 Å². The summed E-state index contributed by atoms with van der Waals surface area (Å²) in [6, 6.07) is 13.5. The predicted molar refractivity (Wildman–Crippen MR) is 84.2 cm³/mol. The second-order valence-corrected chi connectivity index (χ2v) is 5.47. The average molecular weight is 345 g/mol. The van der Waals surface area contributed by atoms with Crippen LogP contribution in [0.25, 0.3) is 0 Å². The molecule has 21 heavy (non-hydrogen) atoms. The fourth-order valence-electron chi connectivity index (χ4n) is 2.14. The number of nitrogens with one attached hydrogen (secondary N) is 1.